The van der Waals surface area contributed by atoms with Crippen LogP contribution in [-0.4, -0.2) is 16.1 Å². The summed E-state index contributed by atoms with van der Waals surface area (Å²) in [5, 5.41) is 3.86. The van der Waals surface area contributed by atoms with Gasteiger partial charge in [-0.15, -0.1) is 0 Å². The smallest absolute Gasteiger partial charge is 0.361 e. The van der Waals surface area contributed by atoms with Gasteiger partial charge in [-0.1, -0.05) is 23.4 Å². The summed E-state index contributed by atoms with van der Waals surface area (Å²) in [6, 6.07) is 14.5. The average molecular weight is 350 g/mol. The molecule has 0 aliphatic heterocycles. The van der Waals surface area contributed by atoms with Crippen molar-refractivity contribution in [3.05, 3.63) is 71.9 Å². The molecule has 0 amide bonds. The molecule has 26 heavy (non-hydrogen) atoms. The van der Waals surface area contributed by atoms with E-state index in [1.807, 2.05) is 30.3 Å². The largest absolute Gasteiger partial charge is 0.461 e. The van der Waals surface area contributed by atoms with Crippen LogP contribution in [0.1, 0.15) is 21.9 Å². The first-order valence-electron chi connectivity index (χ1n) is 7.90. The summed E-state index contributed by atoms with van der Waals surface area (Å²) in [5.74, 6) is 1.19. The molecule has 0 saturated carbocycles. The molecule has 3 aromatic heterocycles. The summed E-state index contributed by atoms with van der Waals surface area (Å²) in [4.78, 5) is 16.5. The van der Waals surface area contributed by atoms with Gasteiger partial charge in [0.05, 0.1) is 6.26 Å². The zero-order chi connectivity index (χ0) is 17.9. The minimum atomic E-state index is -0.587. The lowest BCUT2D eigenvalue weighted by Gasteiger charge is -1.99. The SMILES string of the molecule is Cc1oc(-c2ccccc2)nc1C(=O)OCc1cc(-c2ccco2)on1. The van der Waals surface area contributed by atoms with Crippen LogP contribution in [0.3, 0.4) is 0 Å². The number of carbonyl (C=O) groups excluding carboxylic acids is 1. The zero-order valence-corrected chi connectivity index (χ0v) is 13.8. The number of esters is 1. The molecule has 0 N–H and O–H groups in total. The minimum absolute atomic E-state index is 0.0456. The maximum absolute atomic E-state index is 12.3. The van der Waals surface area contributed by atoms with Crippen LogP contribution in [0.4, 0.5) is 0 Å². The van der Waals surface area contributed by atoms with Crippen molar-refractivity contribution in [3.63, 3.8) is 0 Å². The van der Waals surface area contributed by atoms with Gasteiger partial charge in [0.1, 0.15) is 18.1 Å². The fourth-order valence-electron chi connectivity index (χ4n) is 2.41. The summed E-state index contributed by atoms with van der Waals surface area (Å²) in [6.45, 7) is 1.62. The number of aryl methyl sites for hydroxylation is 1. The summed E-state index contributed by atoms with van der Waals surface area (Å²) in [7, 11) is 0. The van der Waals surface area contributed by atoms with Crippen LogP contribution >= 0.6 is 0 Å². The van der Waals surface area contributed by atoms with Crippen molar-refractivity contribution >= 4 is 5.97 Å². The molecule has 0 radical (unpaired) electrons. The highest BCUT2D eigenvalue weighted by atomic mass is 16.5. The topological polar surface area (TPSA) is 91.5 Å². The van der Waals surface area contributed by atoms with Gasteiger partial charge in [0.25, 0.3) is 0 Å². The van der Waals surface area contributed by atoms with E-state index < -0.39 is 5.97 Å². The number of rotatable bonds is 5. The highest BCUT2D eigenvalue weighted by Gasteiger charge is 2.20. The van der Waals surface area contributed by atoms with Gasteiger partial charge < -0.3 is 18.1 Å². The molecule has 0 aliphatic rings. The fourth-order valence-corrected chi connectivity index (χ4v) is 2.41. The number of benzene rings is 1. The molecule has 0 saturated heterocycles. The van der Waals surface area contributed by atoms with E-state index in [4.69, 9.17) is 18.1 Å². The van der Waals surface area contributed by atoms with Crippen LogP contribution in [0.15, 0.2) is 68.2 Å². The molecule has 4 aromatic rings. The van der Waals surface area contributed by atoms with E-state index in [9.17, 15) is 4.79 Å². The third-order valence-electron chi connectivity index (χ3n) is 3.68. The van der Waals surface area contributed by atoms with Crippen molar-refractivity contribution in [2.45, 2.75) is 13.5 Å². The highest BCUT2D eigenvalue weighted by molar-refractivity contribution is 5.88. The number of carbonyl (C=O) groups is 1. The Labute approximate surface area is 148 Å². The van der Waals surface area contributed by atoms with Crippen LogP contribution in [0.5, 0.6) is 0 Å². The van der Waals surface area contributed by atoms with Gasteiger partial charge in [-0.2, -0.15) is 0 Å². The van der Waals surface area contributed by atoms with Crippen molar-refractivity contribution in [1.29, 1.82) is 0 Å². The van der Waals surface area contributed by atoms with Crippen LogP contribution in [0.2, 0.25) is 0 Å². The Kier molecular flexibility index (Phi) is 4.10. The second kappa shape index (κ2) is 6.72. The van der Waals surface area contributed by atoms with Crippen molar-refractivity contribution in [3.8, 4) is 23.0 Å². The molecule has 130 valence electrons. The van der Waals surface area contributed by atoms with Crippen molar-refractivity contribution in [2.24, 2.45) is 0 Å². The predicted octanol–water partition coefficient (Wildman–Crippen LogP) is 4.26. The van der Waals surface area contributed by atoms with Gasteiger partial charge in [-0.3, -0.25) is 0 Å². The summed E-state index contributed by atoms with van der Waals surface area (Å²) < 4.78 is 21.2. The van der Waals surface area contributed by atoms with Crippen LogP contribution in [0.25, 0.3) is 23.0 Å². The minimum Gasteiger partial charge on any atom is -0.461 e. The van der Waals surface area contributed by atoms with E-state index in [-0.39, 0.29) is 12.3 Å². The van der Waals surface area contributed by atoms with E-state index in [1.165, 1.54) is 6.26 Å². The van der Waals surface area contributed by atoms with E-state index in [0.717, 1.165) is 5.56 Å². The summed E-state index contributed by atoms with van der Waals surface area (Å²) in [5.41, 5.74) is 1.39. The maximum atomic E-state index is 12.3. The molecule has 4 rings (SSSR count). The number of aromatic nitrogens is 2. The molecule has 0 bridgehead atoms. The van der Waals surface area contributed by atoms with Crippen LogP contribution in [-0.2, 0) is 11.3 Å². The Balaban J connectivity index is 1.45. The van der Waals surface area contributed by atoms with Crippen LogP contribution < -0.4 is 0 Å². The molecule has 7 heteroatoms. The second-order valence-electron chi connectivity index (χ2n) is 5.53. The van der Waals surface area contributed by atoms with Crippen LogP contribution in [0, 0.1) is 6.92 Å². The summed E-state index contributed by atoms with van der Waals surface area (Å²) in [6.07, 6.45) is 1.54. The molecular weight excluding hydrogens is 336 g/mol. The Morgan fingerprint density at radius 1 is 1.12 bits per heavy atom. The number of hydrogen-bond donors (Lipinski definition) is 0. The lowest BCUT2D eigenvalue weighted by atomic mass is 10.2. The highest BCUT2D eigenvalue weighted by Crippen LogP contribution is 2.23. The summed E-state index contributed by atoms with van der Waals surface area (Å²) >= 11 is 0. The Bertz CT molecular complexity index is 1020. The van der Waals surface area contributed by atoms with Crippen molar-refractivity contribution in [2.75, 3.05) is 0 Å². The quantitative estimate of drug-likeness (QED) is 0.497. The average Bonchev–Trinajstić information content (AvgIpc) is 3.40. The molecule has 3 heterocycles. The Hall–Kier alpha value is -3.61. The molecule has 1 aromatic carbocycles. The molecule has 0 atom stereocenters. The number of hydrogen-bond acceptors (Lipinski definition) is 7. The normalized spacial score (nSPS) is 10.8. The van der Waals surface area contributed by atoms with Gasteiger partial charge in [-0.25, -0.2) is 9.78 Å². The second-order valence-corrected chi connectivity index (χ2v) is 5.53. The number of oxazole rings is 1. The zero-order valence-electron chi connectivity index (χ0n) is 13.8. The van der Waals surface area contributed by atoms with E-state index >= 15 is 0 Å². The van der Waals surface area contributed by atoms with E-state index in [1.54, 1.807) is 25.1 Å². The lowest BCUT2D eigenvalue weighted by Crippen LogP contribution is -2.07. The fraction of sp³-hybridized carbons (Fsp3) is 0.105. The number of nitrogens with zero attached hydrogens (tertiary/aromatic N) is 2. The first kappa shape index (κ1) is 15.9. The predicted molar refractivity (Wildman–Crippen MR) is 90.0 cm³/mol. The maximum Gasteiger partial charge on any atom is 0.361 e. The monoisotopic (exact) mass is 350 g/mol. The molecule has 7 nitrogen and oxygen atoms in total. The number of ether oxygens (including phenoxy) is 1. The van der Waals surface area contributed by atoms with Crippen molar-refractivity contribution < 1.29 is 22.9 Å². The van der Waals surface area contributed by atoms with Gasteiger partial charge in [0, 0.05) is 11.6 Å². The van der Waals surface area contributed by atoms with Gasteiger partial charge in [0.2, 0.25) is 11.7 Å². The molecule has 0 spiro atoms. The lowest BCUT2D eigenvalue weighted by molar-refractivity contribution is 0.0456. The van der Waals surface area contributed by atoms with Gasteiger partial charge in [-0.05, 0) is 31.2 Å². The third kappa shape index (κ3) is 3.14. The van der Waals surface area contributed by atoms with E-state index in [2.05, 4.69) is 10.1 Å². The Morgan fingerprint density at radius 3 is 2.73 bits per heavy atom. The standard InChI is InChI=1S/C19H14N2O5/c1-12-17(20-18(25-12)13-6-3-2-4-7-13)19(22)24-11-14-10-16(26-21-14)15-8-5-9-23-15/h2-10H,11H2,1H3. The number of furan rings is 1. The first-order valence-corrected chi connectivity index (χ1v) is 7.90. The molecule has 0 fully saturated rings. The Morgan fingerprint density at radius 2 is 1.96 bits per heavy atom. The van der Waals surface area contributed by atoms with Gasteiger partial charge in [0.15, 0.2) is 11.5 Å². The van der Waals surface area contributed by atoms with Gasteiger partial charge >= 0.3 is 5.97 Å². The first-order chi connectivity index (χ1) is 12.7. The van der Waals surface area contributed by atoms with E-state index in [0.29, 0.717) is 28.9 Å². The molecular formula is C19H14N2O5. The molecule has 0 unspecified atom stereocenters. The van der Waals surface area contributed by atoms with Crippen molar-refractivity contribution in [1.82, 2.24) is 10.1 Å². The molecule has 0 aliphatic carbocycles. The third-order valence-corrected chi connectivity index (χ3v) is 3.68.